The largest absolute Gasteiger partial charge is 0.383 e. The van der Waals surface area contributed by atoms with Crippen LogP contribution in [-0.4, -0.2) is 38.8 Å². The normalized spacial score (nSPS) is 16.3. The molecule has 0 radical (unpaired) electrons. The van der Waals surface area contributed by atoms with E-state index in [0.29, 0.717) is 17.1 Å². The standard InChI is InChI=1S/C21H23N5OS2/c22-19-18-14-5-1-2-6-15(14)29-20(18)25-16(24-19)12-28-17-8-7-13(11-23-17)21(27)26-9-3-4-10-26/h7-8,11H,1-6,9-10,12H2,(H2,22,24,25). The summed E-state index contributed by atoms with van der Waals surface area (Å²) in [4.78, 5) is 30.6. The summed E-state index contributed by atoms with van der Waals surface area (Å²) in [6.07, 6.45) is 8.54. The van der Waals surface area contributed by atoms with E-state index in [9.17, 15) is 4.79 Å². The number of nitrogen functional groups attached to an aromatic ring is 1. The molecule has 1 saturated heterocycles. The van der Waals surface area contributed by atoms with Crippen molar-refractivity contribution in [2.75, 3.05) is 18.8 Å². The summed E-state index contributed by atoms with van der Waals surface area (Å²) < 4.78 is 0. The molecule has 1 aliphatic carbocycles. The Morgan fingerprint density at radius 1 is 1.14 bits per heavy atom. The van der Waals surface area contributed by atoms with E-state index in [2.05, 4.69) is 9.97 Å². The number of nitrogens with two attached hydrogens (primary N) is 1. The fraction of sp³-hybridized carbons (Fsp3) is 0.429. The number of thiophene rings is 1. The maximum Gasteiger partial charge on any atom is 0.255 e. The highest BCUT2D eigenvalue weighted by Gasteiger charge is 2.21. The molecule has 1 amide bonds. The molecule has 0 aromatic carbocycles. The third kappa shape index (κ3) is 3.71. The second kappa shape index (κ2) is 7.91. The third-order valence-electron chi connectivity index (χ3n) is 5.61. The van der Waals surface area contributed by atoms with Crippen molar-refractivity contribution in [3.05, 3.63) is 40.2 Å². The zero-order valence-electron chi connectivity index (χ0n) is 16.2. The Kier molecular flexibility index (Phi) is 5.13. The summed E-state index contributed by atoms with van der Waals surface area (Å²) in [5.41, 5.74) is 8.32. The quantitative estimate of drug-likeness (QED) is 0.634. The molecule has 4 heterocycles. The number of carbonyl (C=O) groups excluding carboxylic acids is 1. The Morgan fingerprint density at radius 2 is 1.97 bits per heavy atom. The molecule has 2 aliphatic rings. The van der Waals surface area contributed by atoms with E-state index >= 15 is 0 Å². The number of aromatic nitrogens is 3. The van der Waals surface area contributed by atoms with Crippen LogP contribution in [0.5, 0.6) is 0 Å². The molecule has 0 unspecified atom stereocenters. The first-order valence-electron chi connectivity index (χ1n) is 10.1. The minimum atomic E-state index is 0.0785. The van der Waals surface area contributed by atoms with E-state index in [1.165, 1.54) is 23.3 Å². The van der Waals surface area contributed by atoms with Gasteiger partial charge in [0.2, 0.25) is 0 Å². The van der Waals surface area contributed by atoms with Crippen molar-refractivity contribution in [2.45, 2.75) is 49.3 Å². The van der Waals surface area contributed by atoms with Gasteiger partial charge >= 0.3 is 0 Å². The van der Waals surface area contributed by atoms with E-state index in [1.807, 2.05) is 17.0 Å². The number of anilines is 1. The van der Waals surface area contributed by atoms with Gasteiger partial charge in [-0.2, -0.15) is 0 Å². The van der Waals surface area contributed by atoms with Gasteiger partial charge < -0.3 is 10.6 Å². The molecule has 1 fully saturated rings. The van der Waals surface area contributed by atoms with Crippen LogP contribution in [0.4, 0.5) is 5.82 Å². The fourth-order valence-electron chi connectivity index (χ4n) is 4.13. The average Bonchev–Trinajstić information content (AvgIpc) is 3.40. The van der Waals surface area contributed by atoms with Crippen LogP contribution in [0.25, 0.3) is 10.2 Å². The van der Waals surface area contributed by atoms with Crippen LogP contribution >= 0.6 is 23.1 Å². The van der Waals surface area contributed by atoms with E-state index < -0.39 is 0 Å². The molecule has 6 nitrogen and oxygen atoms in total. The number of amides is 1. The second-order valence-corrected chi connectivity index (χ2v) is 9.67. The van der Waals surface area contributed by atoms with Crippen molar-refractivity contribution in [1.29, 1.82) is 0 Å². The van der Waals surface area contributed by atoms with Crippen molar-refractivity contribution in [1.82, 2.24) is 19.9 Å². The third-order valence-corrected chi connectivity index (χ3v) is 7.74. The van der Waals surface area contributed by atoms with Crippen LogP contribution in [-0.2, 0) is 18.6 Å². The molecule has 29 heavy (non-hydrogen) atoms. The zero-order chi connectivity index (χ0) is 19.8. The van der Waals surface area contributed by atoms with Gasteiger partial charge in [0.15, 0.2) is 0 Å². The Labute approximate surface area is 177 Å². The van der Waals surface area contributed by atoms with Crippen LogP contribution < -0.4 is 5.73 Å². The van der Waals surface area contributed by atoms with Gasteiger partial charge in [-0.3, -0.25) is 4.79 Å². The van der Waals surface area contributed by atoms with Gasteiger partial charge in [-0.05, 0) is 56.2 Å². The minimum Gasteiger partial charge on any atom is -0.383 e. The Bertz CT molecular complexity index is 1060. The average molecular weight is 426 g/mol. The number of rotatable bonds is 4. The maximum absolute atomic E-state index is 12.4. The number of hydrogen-bond acceptors (Lipinski definition) is 7. The molecule has 3 aromatic heterocycles. The van der Waals surface area contributed by atoms with E-state index in [1.54, 1.807) is 29.3 Å². The lowest BCUT2D eigenvalue weighted by Crippen LogP contribution is -2.27. The van der Waals surface area contributed by atoms with Crippen LogP contribution in [0.2, 0.25) is 0 Å². The molecule has 0 spiro atoms. The zero-order valence-corrected chi connectivity index (χ0v) is 17.8. The molecule has 0 saturated carbocycles. The molecule has 5 rings (SSSR count). The predicted octanol–water partition coefficient (Wildman–Crippen LogP) is 4.08. The number of hydrogen-bond donors (Lipinski definition) is 1. The first-order chi connectivity index (χ1) is 14.2. The van der Waals surface area contributed by atoms with Gasteiger partial charge in [0.25, 0.3) is 5.91 Å². The van der Waals surface area contributed by atoms with Crippen molar-refractivity contribution in [2.24, 2.45) is 0 Å². The van der Waals surface area contributed by atoms with E-state index in [4.69, 9.17) is 10.7 Å². The van der Waals surface area contributed by atoms with Crippen LogP contribution in [0, 0.1) is 0 Å². The van der Waals surface area contributed by atoms with Gasteiger partial charge in [-0.25, -0.2) is 15.0 Å². The Morgan fingerprint density at radius 3 is 2.76 bits per heavy atom. The van der Waals surface area contributed by atoms with Crippen LogP contribution in [0.3, 0.4) is 0 Å². The van der Waals surface area contributed by atoms with Gasteiger partial charge in [0.05, 0.1) is 21.7 Å². The molecular weight excluding hydrogens is 402 g/mol. The summed E-state index contributed by atoms with van der Waals surface area (Å²) >= 11 is 3.34. The Hall–Kier alpha value is -2.19. The van der Waals surface area contributed by atoms with Crippen molar-refractivity contribution in [3.8, 4) is 0 Å². The Balaban J connectivity index is 1.29. The highest BCUT2D eigenvalue weighted by Crippen LogP contribution is 2.38. The summed E-state index contributed by atoms with van der Waals surface area (Å²) in [7, 11) is 0. The highest BCUT2D eigenvalue weighted by atomic mass is 32.2. The summed E-state index contributed by atoms with van der Waals surface area (Å²) in [6.45, 7) is 1.70. The minimum absolute atomic E-state index is 0.0785. The van der Waals surface area contributed by atoms with E-state index in [-0.39, 0.29) is 5.91 Å². The van der Waals surface area contributed by atoms with Gasteiger partial charge in [0, 0.05) is 24.2 Å². The number of carbonyl (C=O) groups is 1. The summed E-state index contributed by atoms with van der Waals surface area (Å²) in [6, 6.07) is 3.77. The van der Waals surface area contributed by atoms with E-state index in [0.717, 1.165) is 59.8 Å². The van der Waals surface area contributed by atoms with Crippen molar-refractivity contribution >= 4 is 45.0 Å². The first-order valence-corrected chi connectivity index (χ1v) is 11.9. The maximum atomic E-state index is 12.4. The number of thioether (sulfide) groups is 1. The fourth-order valence-corrected chi connectivity index (χ4v) is 6.12. The monoisotopic (exact) mass is 425 g/mol. The number of nitrogens with zero attached hydrogens (tertiary/aromatic N) is 4. The number of aryl methyl sites for hydroxylation is 2. The topological polar surface area (TPSA) is 85.0 Å². The van der Waals surface area contributed by atoms with Crippen LogP contribution in [0.15, 0.2) is 23.4 Å². The summed E-state index contributed by atoms with van der Waals surface area (Å²) in [5.74, 6) is 2.02. The van der Waals surface area contributed by atoms with Gasteiger partial charge in [-0.1, -0.05) is 11.8 Å². The first kappa shape index (κ1) is 18.8. The lowest BCUT2D eigenvalue weighted by molar-refractivity contribution is 0.0792. The molecule has 1 aliphatic heterocycles. The lowest BCUT2D eigenvalue weighted by Gasteiger charge is -2.14. The molecule has 0 atom stereocenters. The SMILES string of the molecule is Nc1nc(CSc2ccc(C(=O)N3CCCC3)cn2)nc2sc3c(c12)CCCC3. The second-order valence-electron chi connectivity index (χ2n) is 7.59. The molecular formula is C21H23N5OS2. The van der Waals surface area contributed by atoms with Gasteiger partial charge in [-0.15, -0.1) is 11.3 Å². The number of likely N-dealkylation sites (tertiary alicyclic amines) is 1. The molecule has 2 N–H and O–H groups in total. The molecule has 150 valence electrons. The molecule has 0 bridgehead atoms. The predicted molar refractivity (Wildman–Crippen MR) is 117 cm³/mol. The van der Waals surface area contributed by atoms with Crippen molar-refractivity contribution in [3.63, 3.8) is 0 Å². The number of pyridine rings is 1. The van der Waals surface area contributed by atoms with Crippen LogP contribution in [0.1, 0.15) is 52.3 Å². The summed E-state index contributed by atoms with van der Waals surface area (Å²) in [5, 5.41) is 1.93. The highest BCUT2D eigenvalue weighted by molar-refractivity contribution is 7.98. The van der Waals surface area contributed by atoms with Crippen molar-refractivity contribution < 1.29 is 4.79 Å². The molecule has 3 aromatic rings. The lowest BCUT2D eigenvalue weighted by atomic mass is 9.97. The smallest absolute Gasteiger partial charge is 0.255 e. The number of fused-ring (bicyclic) bond motifs is 3. The molecule has 8 heteroatoms. The van der Waals surface area contributed by atoms with Gasteiger partial charge in [0.1, 0.15) is 16.5 Å².